The Morgan fingerprint density at radius 1 is 1.41 bits per heavy atom. The molecular formula is C14H13NOS. The average molecular weight is 243 g/mol. The predicted molar refractivity (Wildman–Crippen MR) is 72.7 cm³/mol. The number of H-pyrrole nitrogens is 1. The van der Waals surface area contributed by atoms with Crippen LogP contribution in [0.2, 0.25) is 0 Å². The summed E-state index contributed by atoms with van der Waals surface area (Å²) in [6, 6.07) is 6.18. The van der Waals surface area contributed by atoms with E-state index in [2.05, 4.69) is 35.6 Å². The summed E-state index contributed by atoms with van der Waals surface area (Å²) >= 11 is 1.40. The van der Waals surface area contributed by atoms with Crippen molar-refractivity contribution in [3.63, 3.8) is 0 Å². The molecule has 2 nitrogen and oxygen atoms in total. The molecule has 1 heterocycles. The molecule has 0 amide bonds. The SMILES string of the molecule is CC1=CCC(c2ccc3s[nH]c(=O)c3c2)C=C1. The lowest BCUT2D eigenvalue weighted by Crippen LogP contribution is -2.00. The third kappa shape index (κ3) is 1.87. The second-order valence-corrected chi connectivity index (χ2v) is 5.29. The molecule has 0 bridgehead atoms. The van der Waals surface area contributed by atoms with Crippen LogP contribution in [0, 0.1) is 0 Å². The van der Waals surface area contributed by atoms with Crippen LogP contribution in [0.4, 0.5) is 0 Å². The van der Waals surface area contributed by atoms with Gasteiger partial charge in [0, 0.05) is 5.92 Å². The van der Waals surface area contributed by atoms with Crippen LogP contribution in [0.1, 0.15) is 24.8 Å². The molecule has 3 heteroatoms. The van der Waals surface area contributed by atoms with Crippen molar-refractivity contribution in [2.75, 3.05) is 0 Å². The highest BCUT2D eigenvalue weighted by Gasteiger charge is 2.11. The van der Waals surface area contributed by atoms with E-state index in [4.69, 9.17) is 0 Å². The van der Waals surface area contributed by atoms with Crippen LogP contribution in [0.15, 0.2) is 46.8 Å². The Balaban J connectivity index is 2.04. The molecule has 2 aromatic rings. The van der Waals surface area contributed by atoms with Crippen LogP contribution in [0.5, 0.6) is 0 Å². The summed E-state index contributed by atoms with van der Waals surface area (Å²) in [6.45, 7) is 2.11. The standard InChI is InChI=1S/C14H13NOS/c1-9-2-4-10(5-3-9)11-6-7-13-12(8-11)14(16)15-17-13/h2-4,6-8,10H,5H2,1H3,(H,15,16). The van der Waals surface area contributed by atoms with Gasteiger partial charge in [0.05, 0.1) is 10.1 Å². The number of allylic oxidation sites excluding steroid dienone is 4. The van der Waals surface area contributed by atoms with E-state index < -0.39 is 0 Å². The van der Waals surface area contributed by atoms with Crippen molar-refractivity contribution in [1.82, 2.24) is 4.37 Å². The number of aromatic nitrogens is 1. The van der Waals surface area contributed by atoms with Gasteiger partial charge < -0.3 is 0 Å². The van der Waals surface area contributed by atoms with Gasteiger partial charge in [0.15, 0.2) is 0 Å². The monoisotopic (exact) mass is 243 g/mol. The zero-order chi connectivity index (χ0) is 11.8. The summed E-state index contributed by atoms with van der Waals surface area (Å²) in [7, 11) is 0. The van der Waals surface area contributed by atoms with Gasteiger partial charge >= 0.3 is 0 Å². The number of fused-ring (bicyclic) bond motifs is 1. The van der Waals surface area contributed by atoms with Crippen LogP contribution in [0.3, 0.4) is 0 Å². The third-order valence-electron chi connectivity index (χ3n) is 3.22. The molecule has 3 rings (SSSR count). The number of nitrogens with one attached hydrogen (secondary N) is 1. The minimum atomic E-state index is 0.0263. The highest BCUT2D eigenvalue weighted by atomic mass is 32.1. The van der Waals surface area contributed by atoms with Crippen molar-refractivity contribution in [2.45, 2.75) is 19.3 Å². The van der Waals surface area contributed by atoms with E-state index >= 15 is 0 Å². The summed E-state index contributed by atoms with van der Waals surface area (Å²) in [5.41, 5.74) is 2.57. The average Bonchev–Trinajstić information content (AvgIpc) is 2.72. The van der Waals surface area contributed by atoms with Crippen LogP contribution < -0.4 is 5.56 Å². The molecular weight excluding hydrogens is 230 g/mol. The third-order valence-corrected chi connectivity index (χ3v) is 4.08. The molecule has 0 saturated heterocycles. The molecule has 1 aliphatic carbocycles. The van der Waals surface area contributed by atoms with Gasteiger partial charge in [-0.25, -0.2) is 0 Å². The van der Waals surface area contributed by atoms with Crippen molar-refractivity contribution < 1.29 is 0 Å². The maximum absolute atomic E-state index is 11.6. The minimum absolute atomic E-state index is 0.0263. The topological polar surface area (TPSA) is 32.9 Å². The zero-order valence-electron chi connectivity index (χ0n) is 9.57. The molecule has 1 aromatic heterocycles. The van der Waals surface area contributed by atoms with E-state index in [9.17, 15) is 4.79 Å². The molecule has 0 fully saturated rings. The van der Waals surface area contributed by atoms with Crippen LogP contribution >= 0.6 is 11.5 Å². The number of hydrogen-bond donors (Lipinski definition) is 1. The van der Waals surface area contributed by atoms with E-state index in [1.807, 2.05) is 12.1 Å². The highest BCUT2D eigenvalue weighted by molar-refractivity contribution is 7.13. The normalized spacial score (nSPS) is 19.6. The van der Waals surface area contributed by atoms with Gasteiger partial charge in [0.2, 0.25) is 0 Å². The molecule has 1 N–H and O–H groups in total. The van der Waals surface area contributed by atoms with E-state index in [1.54, 1.807) is 0 Å². The van der Waals surface area contributed by atoms with E-state index in [0.717, 1.165) is 16.5 Å². The van der Waals surface area contributed by atoms with Gasteiger partial charge in [-0.15, -0.1) is 0 Å². The van der Waals surface area contributed by atoms with Crippen molar-refractivity contribution in [1.29, 1.82) is 0 Å². The van der Waals surface area contributed by atoms with Gasteiger partial charge in [0.25, 0.3) is 5.56 Å². The van der Waals surface area contributed by atoms with Crippen LogP contribution in [-0.2, 0) is 0 Å². The number of rotatable bonds is 1. The Hall–Kier alpha value is -1.61. The van der Waals surface area contributed by atoms with E-state index in [-0.39, 0.29) is 5.56 Å². The van der Waals surface area contributed by atoms with Gasteiger partial charge in [-0.1, -0.05) is 41.4 Å². The zero-order valence-corrected chi connectivity index (χ0v) is 10.4. The van der Waals surface area contributed by atoms with Gasteiger partial charge in [-0.3, -0.25) is 9.17 Å². The van der Waals surface area contributed by atoms with Crippen molar-refractivity contribution >= 4 is 21.6 Å². The first-order valence-electron chi connectivity index (χ1n) is 5.70. The largest absolute Gasteiger partial charge is 0.277 e. The number of hydrogen-bond acceptors (Lipinski definition) is 2. The first-order valence-corrected chi connectivity index (χ1v) is 6.52. The second-order valence-electron chi connectivity index (χ2n) is 4.44. The second kappa shape index (κ2) is 4.00. The summed E-state index contributed by atoms with van der Waals surface area (Å²) in [6.07, 6.45) is 7.63. The molecule has 86 valence electrons. The van der Waals surface area contributed by atoms with E-state index in [0.29, 0.717) is 5.92 Å². The maximum atomic E-state index is 11.6. The van der Waals surface area contributed by atoms with Crippen LogP contribution in [-0.4, -0.2) is 4.37 Å². The Morgan fingerprint density at radius 3 is 3.06 bits per heavy atom. The quantitative estimate of drug-likeness (QED) is 0.816. The van der Waals surface area contributed by atoms with Gasteiger partial charge in [0.1, 0.15) is 0 Å². The Kier molecular flexibility index (Phi) is 2.48. The molecule has 1 atom stereocenters. The lowest BCUT2D eigenvalue weighted by Gasteiger charge is -2.15. The maximum Gasteiger partial charge on any atom is 0.265 e. The molecule has 1 aromatic carbocycles. The Labute approximate surface area is 103 Å². The number of aromatic amines is 1. The first kappa shape index (κ1) is 10.5. The van der Waals surface area contributed by atoms with E-state index in [1.165, 1.54) is 22.7 Å². The molecule has 0 spiro atoms. The summed E-state index contributed by atoms with van der Waals surface area (Å²) < 4.78 is 3.80. The highest BCUT2D eigenvalue weighted by Crippen LogP contribution is 2.28. The number of benzene rings is 1. The minimum Gasteiger partial charge on any atom is -0.277 e. The molecule has 0 saturated carbocycles. The Bertz CT molecular complexity index is 675. The van der Waals surface area contributed by atoms with Gasteiger partial charge in [-0.05, 0) is 31.0 Å². The lowest BCUT2D eigenvalue weighted by molar-refractivity contribution is 0.846. The van der Waals surface area contributed by atoms with Crippen LogP contribution in [0.25, 0.3) is 10.1 Å². The summed E-state index contributed by atoms with van der Waals surface area (Å²) in [5.74, 6) is 0.405. The smallest absolute Gasteiger partial charge is 0.265 e. The molecule has 17 heavy (non-hydrogen) atoms. The fraction of sp³-hybridized carbons (Fsp3) is 0.214. The molecule has 1 aliphatic rings. The van der Waals surface area contributed by atoms with Crippen molar-refractivity contribution in [3.05, 3.63) is 57.9 Å². The van der Waals surface area contributed by atoms with Gasteiger partial charge in [-0.2, -0.15) is 0 Å². The molecule has 0 radical (unpaired) electrons. The Morgan fingerprint density at radius 2 is 2.29 bits per heavy atom. The van der Waals surface area contributed by atoms with Crippen molar-refractivity contribution in [3.8, 4) is 0 Å². The fourth-order valence-electron chi connectivity index (χ4n) is 2.18. The molecule has 1 unspecified atom stereocenters. The predicted octanol–water partition coefficient (Wildman–Crippen LogP) is 3.58. The molecule has 0 aliphatic heterocycles. The first-order chi connectivity index (χ1) is 8.24. The fourth-order valence-corrected chi connectivity index (χ4v) is 2.89. The summed E-state index contributed by atoms with van der Waals surface area (Å²) in [5, 5.41) is 0.812. The summed E-state index contributed by atoms with van der Waals surface area (Å²) in [4.78, 5) is 11.6. The lowest BCUT2D eigenvalue weighted by atomic mass is 9.90. The van der Waals surface area contributed by atoms with Crippen molar-refractivity contribution in [2.24, 2.45) is 0 Å².